The van der Waals surface area contributed by atoms with Crippen LogP contribution in [0.4, 0.5) is 0 Å². The molecule has 1 heterocycles. The molecule has 1 saturated heterocycles. The van der Waals surface area contributed by atoms with Gasteiger partial charge in [-0.05, 0) is 17.7 Å². The summed E-state index contributed by atoms with van der Waals surface area (Å²) in [7, 11) is 0. The molecule has 0 unspecified atom stereocenters. The second-order valence-corrected chi connectivity index (χ2v) is 5.87. The smallest absolute Gasteiger partial charge is 0.119 e. The van der Waals surface area contributed by atoms with Gasteiger partial charge < -0.3 is 29.0 Å². The van der Waals surface area contributed by atoms with Crippen molar-refractivity contribution in [3.05, 3.63) is 29.8 Å². The Hall–Kier alpha value is -1.62. The van der Waals surface area contributed by atoms with Gasteiger partial charge in [-0.2, -0.15) is 0 Å². The third kappa shape index (κ3) is 8.65. The summed E-state index contributed by atoms with van der Waals surface area (Å²) >= 11 is 0. The van der Waals surface area contributed by atoms with Crippen LogP contribution in [0.2, 0.25) is 0 Å². The first kappa shape index (κ1) is 20.7. The maximum absolute atomic E-state index is 5.67. The highest BCUT2D eigenvalue weighted by atomic mass is 16.6. The van der Waals surface area contributed by atoms with Gasteiger partial charge in [0.1, 0.15) is 19.0 Å². The van der Waals surface area contributed by atoms with Crippen LogP contribution < -0.4 is 10.1 Å². The molecular weight excluding hydrogens is 334 g/mol. The summed E-state index contributed by atoms with van der Waals surface area (Å²) in [6, 6.07) is 8.32. The predicted molar refractivity (Wildman–Crippen MR) is 99.7 cm³/mol. The molecule has 144 valence electrons. The van der Waals surface area contributed by atoms with Crippen molar-refractivity contribution in [3.63, 3.8) is 0 Å². The van der Waals surface area contributed by atoms with Crippen LogP contribution in [0.25, 0.3) is 0 Å². The molecule has 1 N–H and O–H groups in total. The molecular formula is C20H29NO5. The van der Waals surface area contributed by atoms with E-state index in [0.717, 1.165) is 18.8 Å². The molecule has 2 rings (SSSR count). The fraction of sp³-hybridized carbons (Fsp3) is 0.600. The average molecular weight is 363 g/mol. The van der Waals surface area contributed by atoms with Crippen LogP contribution in [-0.4, -0.2) is 72.6 Å². The van der Waals surface area contributed by atoms with Gasteiger partial charge in [-0.3, -0.25) is 0 Å². The quantitative estimate of drug-likeness (QED) is 0.376. The van der Waals surface area contributed by atoms with Crippen molar-refractivity contribution in [2.45, 2.75) is 5.92 Å². The summed E-state index contributed by atoms with van der Waals surface area (Å²) in [5.74, 6) is 3.93. The van der Waals surface area contributed by atoms with Gasteiger partial charge in [0.25, 0.3) is 0 Å². The van der Waals surface area contributed by atoms with Gasteiger partial charge in [-0.1, -0.05) is 18.1 Å². The summed E-state index contributed by atoms with van der Waals surface area (Å²) in [6.07, 6.45) is 5.06. The van der Waals surface area contributed by atoms with Crippen LogP contribution in [-0.2, 0) is 18.9 Å². The van der Waals surface area contributed by atoms with Crippen molar-refractivity contribution in [1.29, 1.82) is 0 Å². The van der Waals surface area contributed by atoms with Gasteiger partial charge in [0.2, 0.25) is 0 Å². The molecule has 6 nitrogen and oxygen atoms in total. The zero-order valence-electron chi connectivity index (χ0n) is 15.3. The zero-order chi connectivity index (χ0) is 18.3. The van der Waals surface area contributed by atoms with Crippen molar-refractivity contribution in [2.24, 2.45) is 0 Å². The Morgan fingerprint density at radius 3 is 1.85 bits per heavy atom. The SMILES string of the molecule is C#CCOCCOCCOCCOCCOc1ccc(C2CNC2)cc1. The molecule has 0 amide bonds. The lowest BCUT2D eigenvalue weighted by atomic mass is 9.94. The van der Waals surface area contributed by atoms with Crippen molar-refractivity contribution < 1.29 is 23.7 Å². The number of terminal acetylenes is 1. The molecule has 1 fully saturated rings. The first-order valence-corrected chi connectivity index (χ1v) is 9.08. The van der Waals surface area contributed by atoms with E-state index in [2.05, 4.69) is 23.4 Å². The third-order valence-corrected chi connectivity index (χ3v) is 3.93. The van der Waals surface area contributed by atoms with Crippen LogP contribution in [0, 0.1) is 12.3 Å². The topological polar surface area (TPSA) is 58.2 Å². The number of ether oxygens (including phenoxy) is 5. The Balaban J connectivity index is 1.34. The molecule has 1 aliphatic rings. The Labute approximate surface area is 156 Å². The molecule has 0 atom stereocenters. The Morgan fingerprint density at radius 2 is 1.35 bits per heavy atom. The minimum absolute atomic E-state index is 0.324. The third-order valence-electron chi connectivity index (χ3n) is 3.93. The van der Waals surface area contributed by atoms with Crippen molar-refractivity contribution in [1.82, 2.24) is 5.32 Å². The maximum atomic E-state index is 5.67. The van der Waals surface area contributed by atoms with Crippen LogP contribution >= 0.6 is 0 Å². The van der Waals surface area contributed by atoms with Gasteiger partial charge in [0.05, 0.1) is 46.2 Å². The van der Waals surface area contributed by atoms with E-state index >= 15 is 0 Å². The molecule has 1 aromatic carbocycles. The fourth-order valence-corrected chi connectivity index (χ4v) is 2.37. The first-order chi connectivity index (χ1) is 12.9. The van der Waals surface area contributed by atoms with Crippen LogP contribution in [0.5, 0.6) is 5.75 Å². The first-order valence-electron chi connectivity index (χ1n) is 9.08. The van der Waals surface area contributed by atoms with Gasteiger partial charge in [-0.15, -0.1) is 6.42 Å². The lowest BCUT2D eigenvalue weighted by molar-refractivity contribution is -0.00187. The lowest BCUT2D eigenvalue weighted by Gasteiger charge is -2.27. The number of benzene rings is 1. The van der Waals surface area contributed by atoms with Crippen LogP contribution in [0.3, 0.4) is 0 Å². The summed E-state index contributed by atoms with van der Waals surface area (Å²) in [6.45, 7) is 6.74. The number of nitrogens with one attached hydrogen (secondary N) is 1. The molecule has 1 aliphatic heterocycles. The van der Waals surface area contributed by atoms with E-state index in [0.29, 0.717) is 65.4 Å². The summed E-state index contributed by atoms with van der Waals surface area (Å²) in [5.41, 5.74) is 1.37. The number of hydrogen-bond donors (Lipinski definition) is 1. The zero-order valence-corrected chi connectivity index (χ0v) is 15.3. The normalized spacial score (nSPS) is 14.0. The highest BCUT2D eigenvalue weighted by Gasteiger charge is 2.18. The van der Waals surface area contributed by atoms with Crippen molar-refractivity contribution in [3.8, 4) is 18.1 Å². The molecule has 0 aliphatic carbocycles. The van der Waals surface area contributed by atoms with E-state index in [-0.39, 0.29) is 0 Å². The molecule has 26 heavy (non-hydrogen) atoms. The number of rotatable bonds is 15. The molecule has 0 spiro atoms. The molecule has 0 aromatic heterocycles. The molecule has 0 saturated carbocycles. The predicted octanol–water partition coefficient (Wildman–Crippen LogP) is 1.45. The lowest BCUT2D eigenvalue weighted by Crippen LogP contribution is -2.39. The largest absolute Gasteiger partial charge is 0.491 e. The van der Waals surface area contributed by atoms with Gasteiger partial charge >= 0.3 is 0 Å². The fourth-order valence-electron chi connectivity index (χ4n) is 2.37. The van der Waals surface area contributed by atoms with Crippen molar-refractivity contribution in [2.75, 3.05) is 72.6 Å². The van der Waals surface area contributed by atoms with Gasteiger partial charge in [0, 0.05) is 19.0 Å². The van der Waals surface area contributed by atoms with E-state index in [4.69, 9.17) is 30.1 Å². The second kappa shape index (κ2) is 13.6. The summed E-state index contributed by atoms with van der Waals surface area (Å²) < 4.78 is 27.0. The van der Waals surface area contributed by atoms with E-state index < -0.39 is 0 Å². The van der Waals surface area contributed by atoms with E-state index in [1.165, 1.54) is 5.56 Å². The Kier molecular flexibility index (Phi) is 10.8. The van der Waals surface area contributed by atoms with E-state index in [9.17, 15) is 0 Å². The van der Waals surface area contributed by atoms with Gasteiger partial charge in [0.15, 0.2) is 0 Å². The molecule has 1 aromatic rings. The average Bonchev–Trinajstić information content (AvgIpc) is 2.62. The summed E-state index contributed by atoms with van der Waals surface area (Å²) in [4.78, 5) is 0. The minimum Gasteiger partial charge on any atom is -0.491 e. The summed E-state index contributed by atoms with van der Waals surface area (Å²) in [5, 5.41) is 3.28. The maximum Gasteiger partial charge on any atom is 0.119 e. The minimum atomic E-state index is 0.324. The highest BCUT2D eigenvalue weighted by molar-refractivity contribution is 5.30. The Bertz CT molecular complexity index is 510. The molecule has 6 heteroatoms. The van der Waals surface area contributed by atoms with Crippen LogP contribution in [0.15, 0.2) is 24.3 Å². The van der Waals surface area contributed by atoms with Gasteiger partial charge in [-0.25, -0.2) is 0 Å². The van der Waals surface area contributed by atoms with E-state index in [1.807, 2.05) is 12.1 Å². The van der Waals surface area contributed by atoms with E-state index in [1.54, 1.807) is 0 Å². The standard InChI is InChI=1S/C20H29NO5/c1-2-7-22-8-9-23-10-11-24-12-13-25-14-15-26-20-5-3-18(4-6-20)19-16-21-17-19/h1,3-6,19,21H,7-17H2. The second-order valence-electron chi connectivity index (χ2n) is 5.87. The number of hydrogen-bond acceptors (Lipinski definition) is 6. The van der Waals surface area contributed by atoms with Crippen molar-refractivity contribution >= 4 is 0 Å². The highest BCUT2D eigenvalue weighted by Crippen LogP contribution is 2.22. The Morgan fingerprint density at radius 1 is 0.808 bits per heavy atom. The van der Waals surface area contributed by atoms with Crippen LogP contribution in [0.1, 0.15) is 11.5 Å². The monoisotopic (exact) mass is 363 g/mol. The molecule has 0 radical (unpaired) electrons. The molecule has 0 bridgehead atoms.